The summed E-state index contributed by atoms with van der Waals surface area (Å²) in [5.41, 5.74) is 2.47. The van der Waals surface area contributed by atoms with E-state index in [0.29, 0.717) is 33.0 Å². The number of nitrogens with zero attached hydrogens (tertiary/aromatic N) is 2. The Labute approximate surface area is 199 Å². The minimum Gasteiger partial charge on any atom is -0.379 e. The number of hydrogen-bond acceptors (Lipinski definition) is 5. The molecule has 0 aliphatic carbocycles. The summed E-state index contributed by atoms with van der Waals surface area (Å²) in [6.07, 6.45) is 1.57. The number of para-hydroxylation sites is 1. The molecule has 166 valence electrons. The van der Waals surface area contributed by atoms with Gasteiger partial charge in [0.05, 0.1) is 26.2 Å². The van der Waals surface area contributed by atoms with Crippen LogP contribution in [0, 0.1) is 10.1 Å². The Morgan fingerprint density at radius 1 is 1.12 bits per heavy atom. The number of nitro groups is 1. The number of nitro benzene ring substituents is 1. The normalized spacial score (nSPS) is 13.5. The number of fused-ring (bicyclic) bond motifs is 1. The van der Waals surface area contributed by atoms with Crippen molar-refractivity contribution in [2.45, 2.75) is 24.3 Å². The lowest BCUT2D eigenvalue weighted by Gasteiger charge is -2.30. The van der Waals surface area contributed by atoms with Crippen LogP contribution in [0.15, 0.2) is 70.0 Å². The molecule has 10 heteroatoms. The van der Waals surface area contributed by atoms with E-state index >= 15 is 0 Å². The van der Waals surface area contributed by atoms with Crippen LogP contribution in [0.5, 0.6) is 0 Å². The van der Waals surface area contributed by atoms with E-state index in [1.165, 1.54) is 28.6 Å². The van der Waals surface area contributed by atoms with Gasteiger partial charge in [0.25, 0.3) is 15.7 Å². The molecule has 3 aromatic rings. The number of benzene rings is 3. The highest BCUT2D eigenvalue weighted by Gasteiger charge is 2.29. The molecule has 0 bridgehead atoms. The van der Waals surface area contributed by atoms with Gasteiger partial charge in [-0.1, -0.05) is 45.7 Å². The Bertz CT molecular complexity index is 1300. The first-order valence-corrected chi connectivity index (χ1v) is 12.5. The van der Waals surface area contributed by atoms with Gasteiger partial charge in [0.15, 0.2) is 0 Å². The third-order valence-electron chi connectivity index (χ3n) is 5.30. The summed E-state index contributed by atoms with van der Waals surface area (Å²) in [5, 5.41) is 14.7. The first-order valence-electron chi connectivity index (χ1n) is 9.84. The average Bonchev–Trinajstić information content (AvgIpc) is 2.77. The number of aryl methyl sites for hydroxylation is 1. The number of halogens is 2. The fourth-order valence-electron chi connectivity index (χ4n) is 3.74. The molecule has 1 aliphatic heterocycles. The Balaban J connectivity index is 1.64. The van der Waals surface area contributed by atoms with Gasteiger partial charge in [-0.05, 0) is 54.8 Å². The van der Waals surface area contributed by atoms with Crippen LogP contribution in [-0.2, 0) is 23.0 Å². The zero-order valence-electron chi connectivity index (χ0n) is 16.8. The van der Waals surface area contributed by atoms with Gasteiger partial charge < -0.3 is 5.32 Å². The lowest BCUT2D eigenvalue weighted by atomic mass is 10.0. The molecule has 7 nitrogen and oxygen atoms in total. The van der Waals surface area contributed by atoms with Crippen molar-refractivity contribution in [3.8, 4) is 0 Å². The number of rotatable bonds is 6. The third-order valence-corrected chi connectivity index (χ3v) is 7.93. The van der Waals surface area contributed by atoms with Crippen molar-refractivity contribution < 1.29 is 13.3 Å². The Morgan fingerprint density at radius 3 is 2.69 bits per heavy atom. The molecular weight excluding hydrogens is 518 g/mol. The fourth-order valence-corrected chi connectivity index (χ4v) is 5.90. The first-order chi connectivity index (χ1) is 15.3. The van der Waals surface area contributed by atoms with Crippen LogP contribution in [0.2, 0.25) is 5.02 Å². The number of hydrogen-bond donors (Lipinski definition) is 1. The van der Waals surface area contributed by atoms with Crippen molar-refractivity contribution in [3.05, 3.63) is 91.4 Å². The lowest BCUT2D eigenvalue weighted by Crippen LogP contribution is -2.35. The molecule has 0 fully saturated rings. The maximum absolute atomic E-state index is 13.4. The number of nitrogens with one attached hydrogen (secondary N) is 1. The Morgan fingerprint density at radius 2 is 1.91 bits per heavy atom. The predicted octanol–water partition coefficient (Wildman–Crippen LogP) is 5.76. The number of sulfonamides is 1. The van der Waals surface area contributed by atoms with E-state index in [1.54, 1.807) is 12.1 Å². The van der Waals surface area contributed by atoms with E-state index < -0.39 is 14.9 Å². The van der Waals surface area contributed by atoms with Crippen LogP contribution in [0.3, 0.4) is 0 Å². The van der Waals surface area contributed by atoms with Crippen molar-refractivity contribution in [1.82, 2.24) is 0 Å². The van der Waals surface area contributed by atoms with Gasteiger partial charge in [-0.2, -0.15) is 0 Å². The molecule has 32 heavy (non-hydrogen) atoms. The molecule has 0 unspecified atom stereocenters. The zero-order chi connectivity index (χ0) is 22.9. The minimum absolute atomic E-state index is 0.0366. The van der Waals surface area contributed by atoms with Crippen LogP contribution in [-0.4, -0.2) is 19.9 Å². The molecule has 4 rings (SSSR count). The third kappa shape index (κ3) is 4.46. The summed E-state index contributed by atoms with van der Waals surface area (Å²) in [4.78, 5) is 11.0. The van der Waals surface area contributed by atoms with Gasteiger partial charge in [-0.25, -0.2) is 8.42 Å². The second-order valence-electron chi connectivity index (χ2n) is 7.33. The largest absolute Gasteiger partial charge is 0.379 e. The predicted molar refractivity (Wildman–Crippen MR) is 129 cm³/mol. The quantitative estimate of drug-likeness (QED) is 0.319. The van der Waals surface area contributed by atoms with Gasteiger partial charge in [-0.15, -0.1) is 0 Å². The smallest absolute Gasteiger partial charge is 0.274 e. The molecule has 0 radical (unpaired) electrons. The molecular formula is C22H19BrClN3O4S. The second-order valence-corrected chi connectivity index (χ2v) is 10.5. The summed E-state index contributed by atoms with van der Waals surface area (Å²) in [5.74, 6) is 0. The lowest BCUT2D eigenvalue weighted by molar-refractivity contribution is -0.385. The summed E-state index contributed by atoms with van der Waals surface area (Å²) in [6.45, 7) is 0.500. The highest BCUT2D eigenvalue weighted by Crippen LogP contribution is 2.34. The van der Waals surface area contributed by atoms with Gasteiger partial charge in [0.2, 0.25) is 0 Å². The SMILES string of the molecule is O=[N+]([O-])c1ccc(Br)cc1CNc1cc(S(=O)(=O)N2CCCc3ccccc32)ccc1Cl. The molecule has 0 amide bonds. The Kier molecular flexibility index (Phi) is 6.41. The van der Waals surface area contributed by atoms with Crippen molar-refractivity contribution in [1.29, 1.82) is 0 Å². The molecule has 0 saturated carbocycles. The highest BCUT2D eigenvalue weighted by molar-refractivity contribution is 9.10. The van der Waals surface area contributed by atoms with Crippen molar-refractivity contribution in [2.24, 2.45) is 0 Å². The van der Waals surface area contributed by atoms with E-state index in [4.69, 9.17) is 11.6 Å². The van der Waals surface area contributed by atoms with Crippen LogP contribution < -0.4 is 9.62 Å². The molecule has 1 aliphatic rings. The molecule has 0 atom stereocenters. The molecule has 1 heterocycles. The molecule has 0 spiro atoms. The van der Waals surface area contributed by atoms with E-state index in [-0.39, 0.29) is 17.1 Å². The maximum atomic E-state index is 13.4. The second kappa shape index (κ2) is 9.09. The molecule has 0 aromatic heterocycles. The van der Waals surface area contributed by atoms with Crippen molar-refractivity contribution in [3.63, 3.8) is 0 Å². The minimum atomic E-state index is -3.81. The Hall–Kier alpha value is -2.62. The average molecular weight is 537 g/mol. The molecule has 1 N–H and O–H groups in total. The van der Waals surface area contributed by atoms with Crippen LogP contribution in [0.4, 0.5) is 17.1 Å². The van der Waals surface area contributed by atoms with Crippen LogP contribution in [0.1, 0.15) is 17.5 Å². The van der Waals surface area contributed by atoms with E-state index in [9.17, 15) is 18.5 Å². The highest BCUT2D eigenvalue weighted by atomic mass is 79.9. The standard InChI is InChI=1S/C22H19BrClN3O4S/c23-17-7-10-22(27(28)29)16(12-17)14-25-20-13-18(8-9-19(20)24)32(30,31)26-11-3-5-15-4-1-2-6-21(15)26/h1-2,4,6-10,12-13,25H,3,5,11,14H2. The monoisotopic (exact) mass is 535 g/mol. The molecule has 0 saturated heterocycles. The van der Waals surface area contributed by atoms with Crippen LogP contribution >= 0.6 is 27.5 Å². The van der Waals surface area contributed by atoms with Gasteiger partial charge >= 0.3 is 0 Å². The van der Waals surface area contributed by atoms with Crippen molar-refractivity contribution in [2.75, 3.05) is 16.2 Å². The van der Waals surface area contributed by atoms with E-state index in [2.05, 4.69) is 21.2 Å². The van der Waals surface area contributed by atoms with E-state index in [1.807, 2.05) is 24.3 Å². The van der Waals surface area contributed by atoms with Gasteiger partial charge in [0, 0.05) is 29.2 Å². The summed E-state index contributed by atoms with van der Waals surface area (Å²) in [6, 6.07) is 16.6. The maximum Gasteiger partial charge on any atom is 0.274 e. The first kappa shape index (κ1) is 22.6. The van der Waals surface area contributed by atoms with Gasteiger partial charge in [-0.3, -0.25) is 14.4 Å². The summed E-state index contributed by atoms with van der Waals surface area (Å²) < 4.78 is 29.0. The summed E-state index contributed by atoms with van der Waals surface area (Å²) in [7, 11) is -3.81. The fraction of sp³-hybridized carbons (Fsp3) is 0.182. The molecule has 3 aromatic carbocycles. The number of anilines is 2. The van der Waals surface area contributed by atoms with Crippen LogP contribution in [0.25, 0.3) is 0 Å². The van der Waals surface area contributed by atoms with E-state index in [0.717, 1.165) is 18.4 Å². The van der Waals surface area contributed by atoms with Crippen molar-refractivity contribution >= 4 is 54.6 Å². The zero-order valence-corrected chi connectivity index (χ0v) is 20.0. The summed E-state index contributed by atoms with van der Waals surface area (Å²) >= 11 is 9.62. The van der Waals surface area contributed by atoms with Gasteiger partial charge in [0.1, 0.15) is 0 Å². The topological polar surface area (TPSA) is 92.5 Å².